The second-order valence-electron chi connectivity index (χ2n) is 4.61. The Bertz CT molecular complexity index is 565. The predicted octanol–water partition coefficient (Wildman–Crippen LogP) is 3.49. The number of aromatic nitrogens is 1. The van der Waals surface area contributed by atoms with E-state index in [2.05, 4.69) is 17.6 Å². The summed E-state index contributed by atoms with van der Waals surface area (Å²) in [6, 6.07) is 8.15. The highest BCUT2D eigenvalue weighted by Gasteiger charge is 2.15. The third kappa shape index (κ3) is 2.31. The number of H-pyrrole nitrogens is 1. The average molecular weight is 227 g/mol. The van der Waals surface area contributed by atoms with Crippen molar-refractivity contribution in [2.24, 2.45) is 5.92 Å². The third-order valence-corrected chi connectivity index (χ3v) is 3.07. The van der Waals surface area contributed by atoms with Gasteiger partial charge >= 0.3 is 0 Å². The number of aromatic amines is 1. The fraction of sp³-hybridized carbons (Fsp3) is 0.267. The number of rotatable bonds is 4. The molecular formula is C15H17NO. The van der Waals surface area contributed by atoms with Crippen LogP contribution in [-0.2, 0) is 11.2 Å². The first-order valence-corrected chi connectivity index (χ1v) is 5.84. The van der Waals surface area contributed by atoms with Crippen LogP contribution in [0.25, 0.3) is 10.9 Å². The van der Waals surface area contributed by atoms with Gasteiger partial charge < -0.3 is 4.98 Å². The normalized spacial score (nSPS) is 12.6. The second kappa shape index (κ2) is 4.58. The molecule has 0 aliphatic rings. The highest BCUT2D eigenvalue weighted by atomic mass is 16.1. The van der Waals surface area contributed by atoms with Crippen LogP contribution in [-0.4, -0.2) is 10.8 Å². The second-order valence-corrected chi connectivity index (χ2v) is 4.61. The van der Waals surface area contributed by atoms with Gasteiger partial charge in [-0.15, -0.1) is 0 Å². The Morgan fingerprint density at radius 2 is 2.12 bits per heavy atom. The zero-order valence-corrected chi connectivity index (χ0v) is 10.3. The molecule has 0 aliphatic carbocycles. The lowest BCUT2D eigenvalue weighted by molar-refractivity contribution is -0.118. The first-order valence-electron chi connectivity index (χ1n) is 5.84. The fourth-order valence-corrected chi connectivity index (χ4v) is 2.14. The van der Waals surface area contributed by atoms with E-state index in [0.717, 1.165) is 11.9 Å². The molecule has 2 aromatic rings. The average Bonchev–Trinajstić information content (AvgIpc) is 2.71. The van der Waals surface area contributed by atoms with Crippen molar-refractivity contribution in [1.82, 2.24) is 4.98 Å². The maximum Gasteiger partial charge on any atom is 0.161 e. The molecule has 0 radical (unpaired) electrons. The van der Waals surface area contributed by atoms with Gasteiger partial charge in [0.2, 0.25) is 0 Å². The first-order chi connectivity index (χ1) is 8.09. The maximum atomic E-state index is 11.8. The Labute approximate surface area is 101 Å². The quantitative estimate of drug-likeness (QED) is 0.797. The molecule has 88 valence electrons. The lowest BCUT2D eigenvalue weighted by Crippen LogP contribution is -2.13. The van der Waals surface area contributed by atoms with Gasteiger partial charge in [0.25, 0.3) is 0 Å². The van der Waals surface area contributed by atoms with Gasteiger partial charge in [-0.05, 0) is 30.5 Å². The van der Waals surface area contributed by atoms with Crippen LogP contribution in [0.2, 0.25) is 0 Å². The van der Waals surface area contributed by atoms with E-state index < -0.39 is 0 Å². The number of nitrogens with one attached hydrogen (secondary N) is 1. The highest BCUT2D eigenvalue weighted by molar-refractivity contribution is 5.96. The van der Waals surface area contributed by atoms with Gasteiger partial charge in [0.15, 0.2) is 5.78 Å². The molecule has 1 aromatic heterocycles. The summed E-state index contributed by atoms with van der Waals surface area (Å²) in [5.74, 6) is 0.141. The number of hydrogen-bond acceptors (Lipinski definition) is 1. The van der Waals surface area contributed by atoms with Crippen LogP contribution in [0.15, 0.2) is 42.6 Å². The molecule has 0 fully saturated rings. The molecule has 1 unspecified atom stereocenters. The van der Waals surface area contributed by atoms with Crippen molar-refractivity contribution < 1.29 is 4.79 Å². The number of carbonyl (C=O) groups is 1. The number of allylic oxidation sites excluding steroid dienone is 1. The molecule has 1 heterocycles. The summed E-state index contributed by atoms with van der Waals surface area (Å²) in [7, 11) is 0. The van der Waals surface area contributed by atoms with Crippen LogP contribution in [0.4, 0.5) is 0 Å². The standard InChI is InChI=1S/C15H17NO/c1-10(2)15(17)11(3)8-12-9-16-14-7-5-4-6-13(12)14/h4-7,9,11,16H,1,8H2,2-3H3. The Morgan fingerprint density at radius 1 is 1.41 bits per heavy atom. The van der Waals surface area contributed by atoms with Crippen LogP contribution >= 0.6 is 0 Å². The monoisotopic (exact) mass is 227 g/mol. The minimum atomic E-state index is -0.00768. The van der Waals surface area contributed by atoms with Crippen molar-refractivity contribution in [3.63, 3.8) is 0 Å². The Balaban J connectivity index is 2.24. The van der Waals surface area contributed by atoms with Crippen molar-refractivity contribution >= 4 is 16.7 Å². The molecule has 0 saturated heterocycles. The highest BCUT2D eigenvalue weighted by Crippen LogP contribution is 2.21. The van der Waals surface area contributed by atoms with Crippen molar-refractivity contribution in [2.75, 3.05) is 0 Å². The molecule has 0 saturated carbocycles. The van der Waals surface area contributed by atoms with Gasteiger partial charge in [-0.2, -0.15) is 0 Å². The minimum absolute atomic E-state index is 0.00768. The summed E-state index contributed by atoms with van der Waals surface area (Å²) in [6.07, 6.45) is 2.75. The molecule has 0 spiro atoms. The van der Waals surface area contributed by atoms with E-state index in [4.69, 9.17) is 0 Å². The Morgan fingerprint density at radius 3 is 2.82 bits per heavy atom. The maximum absolute atomic E-state index is 11.8. The van der Waals surface area contributed by atoms with E-state index >= 15 is 0 Å². The van der Waals surface area contributed by atoms with Crippen LogP contribution in [0.1, 0.15) is 19.4 Å². The van der Waals surface area contributed by atoms with E-state index in [1.54, 1.807) is 6.92 Å². The van der Waals surface area contributed by atoms with Crippen molar-refractivity contribution in [3.05, 3.63) is 48.2 Å². The molecule has 2 nitrogen and oxygen atoms in total. The molecule has 1 atom stereocenters. The third-order valence-electron chi connectivity index (χ3n) is 3.07. The van der Waals surface area contributed by atoms with Gasteiger partial charge in [0.1, 0.15) is 0 Å². The fourth-order valence-electron chi connectivity index (χ4n) is 2.14. The zero-order chi connectivity index (χ0) is 12.4. The van der Waals surface area contributed by atoms with Gasteiger partial charge in [-0.1, -0.05) is 31.7 Å². The topological polar surface area (TPSA) is 32.9 Å². The zero-order valence-electron chi connectivity index (χ0n) is 10.3. The van der Waals surface area contributed by atoms with Gasteiger partial charge in [0, 0.05) is 23.0 Å². The van der Waals surface area contributed by atoms with E-state index in [9.17, 15) is 4.79 Å². The molecular weight excluding hydrogens is 210 g/mol. The summed E-state index contributed by atoms with van der Waals surface area (Å²) in [6.45, 7) is 7.44. The molecule has 2 heteroatoms. The Kier molecular flexibility index (Phi) is 3.14. The molecule has 2 rings (SSSR count). The number of ketones is 1. The van der Waals surface area contributed by atoms with E-state index in [1.807, 2.05) is 31.3 Å². The SMILES string of the molecule is C=C(C)C(=O)C(C)Cc1c[nH]c2ccccc12. The number of Topliss-reactive ketones (excluding diaryl/α,β-unsaturated/α-hetero) is 1. The lowest BCUT2D eigenvalue weighted by atomic mass is 9.94. The van der Waals surface area contributed by atoms with Crippen molar-refractivity contribution in [2.45, 2.75) is 20.3 Å². The van der Waals surface area contributed by atoms with Crippen LogP contribution in [0.3, 0.4) is 0 Å². The van der Waals surface area contributed by atoms with Crippen LogP contribution in [0, 0.1) is 5.92 Å². The van der Waals surface area contributed by atoms with Crippen molar-refractivity contribution in [1.29, 1.82) is 0 Å². The largest absolute Gasteiger partial charge is 0.361 e. The van der Waals surface area contributed by atoms with Gasteiger partial charge in [0.05, 0.1) is 0 Å². The molecule has 0 amide bonds. The molecule has 1 aromatic carbocycles. The summed E-state index contributed by atoms with van der Waals surface area (Å²) in [4.78, 5) is 15.0. The van der Waals surface area contributed by atoms with Crippen molar-refractivity contribution in [3.8, 4) is 0 Å². The smallest absolute Gasteiger partial charge is 0.161 e. The lowest BCUT2D eigenvalue weighted by Gasteiger charge is -2.09. The molecule has 0 bridgehead atoms. The number of fused-ring (bicyclic) bond motifs is 1. The Hall–Kier alpha value is -1.83. The van der Waals surface area contributed by atoms with E-state index in [1.165, 1.54) is 10.9 Å². The van der Waals surface area contributed by atoms with Crippen LogP contribution < -0.4 is 0 Å². The first kappa shape index (κ1) is 11.6. The summed E-state index contributed by atoms with van der Waals surface area (Å²) < 4.78 is 0. The molecule has 0 aliphatic heterocycles. The number of para-hydroxylation sites is 1. The van der Waals surface area contributed by atoms with E-state index in [-0.39, 0.29) is 11.7 Å². The van der Waals surface area contributed by atoms with Crippen LogP contribution in [0.5, 0.6) is 0 Å². The summed E-state index contributed by atoms with van der Waals surface area (Å²) in [5, 5.41) is 1.20. The number of carbonyl (C=O) groups excluding carboxylic acids is 1. The molecule has 17 heavy (non-hydrogen) atoms. The number of hydrogen-bond donors (Lipinski definition) is 1. The van der Waals surface area contributed by atoms with E-state index in [0.29, 0.717) is 5.57 Å². The number of benzene rings is 1. The summed E-state index contributed by atoms with van der Waals surface area (Å²) >= 11 is 0. The van der Waals surface area contributed by atoms with Gasteiger partial charge in [-0.3, -0.25) is 4.79 Å². The van der Waals surface area contributed by atoms with Gasteiger partial charge in [-0.25, -0.2) is 0 Å². The predicted molar refractivity (Wildman–Crippen MR) is 71.0 cm³/mol. The minimum Gasteiger partial charge on any atom is -0.361 e. The molecule has 1 N–H and O–H groups in total. The summed E-state index contributed by atoms with van der Waals surface area (Å²) in [5.41, 5.74) is 2.96.